The largest absolute Gasteiger partial charge is 0.497 e. The van der Waals surface area contributed by atoms with Crippen molar-refractivity contribution in [3.8, 4) is 11.5 Å². The molecule has 2 aromatic rings. The second kappa shape index (κ2) is 11.2. The molecule has 2 aromatic carbocycles. The molecular formula is C24H30O6. The summed E-state index contributed by atoms with van der Waals surface area (Å²) in [6.07, 6.45) is 1.02. The van der Waals surface area contributed by atoms with Gasteiger partial charge in [-0.15, -0.1) is 0 Å². The lowest BCUT2D eigenvalue weighted by atomic mass is 9.91. The Morgan fingerprint density at radius 2 is 1.30 bits per heavy atom. The van der Waals surface area contributed by atoms with Crippen LogP contribution in [0.3, 0.4) is 0 Å². The molecule has 0 N–H and O–H groups in total. The fourth-order valence-corrected chi connectivity index (χ4v) is 3.20. The number of ether oxygens (including phenoxy) is 4. The van der Waals surface area contributed by atoms with Crippen LogP contribution in [-0.2, 0) is 38.5 Å². The van der Waals surface area contributed by atoms with E-state index in [9.17, 15) is 9.59 Å². The molecule has 0 aliphatic carbocycles. The molecule has 0 heterocycles. The van der Waals surface area contributed by atoms with Gasteiger partial charge in [-0.25, -0.2) is 0 Å². The topological polar surface area (TPSA) is 71.1 Å². The van der Waals surface area contributed by atoms with E-state index in [0.29, 0.717) is 25.2 Å². The second-order valence-electron chi connectivity index (χ2n) is 7.32. The highest BCUT2D eigenvalue weighted by Gasteiger charge is 2.20. The Balaban J connectivity index is 2.19. The Hall–Kier alpha value is -3.02. The zero-order chi connectivity index (χ0) is 22.1. The summed E-state index contributed by atoms with van der Waals surface area (Å²) in [5, 5.41) is 0. The molecule has 0 amide bonds. The SMILES string of the molecule is COC(=O)C(C)Cc1ccc(OCc2ccc(OC)cc2)cc1CC(C)C(=O)OC. The Morgan fingerprint density at radius 3 is 1.83 bits per heavy atom. The number of carbonyl (C=O) groups is 2. The molecule has 0 spiro atoms. The predicted octanol–water partition coefficient (Wildman–Crippen LogP) is 3.98. The third kappa shape index (κ3) is 6.51. The first kappa shape index (κ1) is 23.3. The monoisotopic (exact) mass is 414 g/mol. The van der Waals surface area contributed by atoms with Crippen molar-refractivity contribution < 1.29 is 28.5 Å². The van der Waals surface area contributed by atoms with Gasteiger partial charge in [0.25, 0.3) is 0 Å². The number of methoxy groups -OCH3 is 3. The Kier molecular flexibility index (Phi) is 8.71. The maximum absolute atomic E-state index is 11.9. The van der Waals surface area contributed by atoms with Gasteiger partial charge >= 0.3 is 11.9 Å². The summed E-state index contributed by atoms with van der Waals surface area (Å²) in [5.41, 5.74) is 2.96. The maximum Gasteiger partial charge on any atom is 0.308 e. The van der Waals surface area contributed by atoms with Crippen LogP contribution in [-0.4, -0.2) is 33.3 Å². The van der Waals surface area contributed by atoms with Crippen molar-refractivity contribution in [2.75, 3.05) is 21.3 Å². The first-order chi connectivity index (χ1) is 14.4. The molecule has 0 bridgehead atoms. The summed E-state index contributed by atoms with van der Waals surface area (Å²) < 4.78 is 20.8. The van der Waals surface area contributed by atoms with Crippen molar-refractivity contribution in [1.82, 2.24) is 0 Å². The highest BCUT2D eigenvalue weighted by molar-refractivity contribution is 5.73. The molecule has 2 unspecified atom stereocenters. The quantitative estimate of drug-likeness (QED) is 0.548. The molecule has 0 fully saturated rings. The van der Waals surface area contributed by atoms with Crippen molar-refractivity contribution >= 4 is 11.9 Å². The standard InChI is InChI=1S/C24H30O6/c1-16(23(25)28-4)12-19-8-11-22(14-20(19)13-17(2)24(26)29-5)30-15-18-6-9-21(27-3)10-7-18/h6-11,14,16-17H,12-13,15H2,1-5H3. The molecular weight excluding hydrogens is 384 g/mol. The lowest BCUT2D eigenvalue weighted by Crippen LogP contribution is -2.18. The lowest BCUT2D eigenvalue weighted by Gasteiger charge is -2.17. The lowest BCUT2D eigenvalue weighted by molar-refractivity contribution is -0.145. The Bertz CT molecular complexity index is 843. The fraction of sp³-hybridized carbons (Fsp3) is 0.417. The molecule has 0 saturated heterocycles. The summed E-state index contributed by atoms with van der Waals surface area (Å²) >= 11 is 0. The number of rotatable bonds is 10. The molecule has 162 valence electrons. The molecule has 2 atom stereocenters. The van der Waals surface area contributed by atoms with Gasteiger partial charge in [0.15, 0.2) is 0 Å². The average Bonchev–Trinajstić information content (AvgIpc) is 2.78. The van der Waals surface area contributed by atoms with Gasteiger partial charge in [-0.3, -0.25) is 9.59 Å². The van der Waals surface area contributed by atoms with E-state index in [2.05, 4.69) is 0 Å². The van der Waals surface area contributed by atoms with Crippen LogP contribution in [0.2, 0.25) is 0 Å². The van der Waals surface area contributed by atoms with Crippen LogP contribution in [0.15, 0.2) is 42.5 Å². The fourth-order valence-electron chi connectivity index (χ4n) is 3.20. The van der Waals surface area contributed by atoms with Crippen molar-refractivity contribution in [2.24, 2.45) is 11.8 Å². The average molecular weight is 414 g/mol. The van der Waals surface area contributed by atoms with Gasteiger partial charge in [0, 0.05) is 0 Å². The van der Waals surface area contributed by atoms with Gasteiger partial charge in [-0.2, -0.15) is 0 Å². The van der Waals surface area contributed by atoms with Crippen molar-refractivity contribution in [1.29, 1.82) is 0 Å². The number of hydrogen-bond acceptors (Lipinski definition) is 6. The van der Waals surface area contributed by atoms with Crippen molar-refractivity contribution in [3.05, 3.63) is 59.2 Å². The predicted molar refractivity (Wildman–Crippen MR) is 114 cm³/mol. The zero-order valence-corrected chi connectivity index (χ0v) is 18.3. The van der Waals surface area contributed by atoms with Crippen LogP contribution < -0.4 is 9.47 Å². The van der Waals surface area contributed by atoms with Crippen LogP contribution >= 0.6 is 0 Å². The minimum atomic E-state index is -0.306. The van der Waals surface area contributed by atoms with Crippen LogP contribution in [0.5, 0.6) is 11.5 Å². The highest BCUT2D eigenvalue weighted by Crippen LogP contribution is 2.25. The van der Waals surface area contributed by atoms with E-state index in [1.807, 2.05) is 56.3 Å². The summed E-state index contributed by atoms with van der Waals surface area (Å²) in [6, 6.07) is 13.4. The molecule has 0 saturated carbocycles. The van der Waals surface area contributed by atoms with Gasteiger partial charge in [-0.1, -0.05) is 32.0 Å². The summed E-state index contributed by atoms with van der Waals surface area (Å²) in [4.78, 5) is 23.8. The molecule has 30 heavy (non-hydrogen) atoms. The van der Waals surface area contributed by atoms with Gasteiger partial charge in [-0.05, 0) is 53.8 Å². The smallest absolute Gasteiger partial charge is 0.308 e. The van der Waals surface area contributed by atoms with E-state index >= 15 is 0 Å². The van der Waals surface area contributed by atoms with Gasteiger partial charge < -0.3 is 18.9 Å². The molecule has 0 aliphatic heterocycles. The van der Waals surface area contributed by atoms with Gasteiger partial charge in [0.1, 0.15) is 18.1 Å². The van der Waals surface area contributed by atoms with Crippen LogP contribution in [0, 0.1) is 11.8 Å². The van der Waals surface area contributed by atoms with E-state index < -0.39 is 0 Å². The molecule has 0 aromatic heterocycles. The van der Waals surface area contributed by atoms with E-state index in [1.165, 1.54) is 14.2 Å². The molecule has 0 radical (unpaired) electrons. The van der Waals surface area contributed by atoms with Crippen molar-refractivity contribution in [2.45, 2.75) is 33.3 Å². The summed E-state index contributed by atoms with van der Waals surface area (Å²) in [6.45, 7) is 4.06. The zero-order valence-electron chi connectivity index (χ0n) is 18.3. The van der Waals surface area contributed by atoms with E-state index in [1.54, 1.807) is 7.11 Å². The Morgan fingerprint density at radius 1 is 0.767 bits per heavy atom. The highest BCUT2D eigenvalue weighted by atomic mass is 16.5. The number of benzene rings is 2. The Labute approximate surface area is 178 Å². The van der Waals surface area contributed by atoms with Crippen LogP contribution in [0.1, 0.15) is 30.5 Å². The first-order valence-corrected chi connectivity index (χ1v) is 9.91. The van der Waals surface area contributed by atoms with Crippen LogP contribution in [0.4, 0.5) is 0 Å². The van der Waals surface area contributed by atoms with Gasteiger partial charge in [0.2, 0.25) is 0 Å². The van der Waals surface area contributed by atoms with Crippen molar-refractivity contribution in [3.63, 3.8) is 0 Å². The molecule has 2 rings (SSSR count). The number of esters is 2. The summed E-state index contributed by atoms with van der Waals surface area (Å²) in [7, 11) is 4.40. The van der Waals surface area contributed by atoms with E-state index in [-0.39, 0.29) is 23.8 Å². The molecule has 6 heteroatoms. The summed E-state index contributed by atoms with van der Waals surface area (Å²) in [5.74, 6) is 0.370. The number of carbonyl (C=O) groups excluding carboxylic acids is 2. The van der Waals surface area contributed by atoms with Gasteiger partial charge in [0.05, 0.1) is 33.2 Å². The van der Waals surface area contributed by atoms with Crippen LogP contribution in [0.25, 0.3) is 0 Å². The second-order valence-corrected chi connectivity index (χ2v) is 7.32. The first-order valence-electron chi connectivity index (χ1n) is 9.91. The minimum Gasteiger partial charge on any atom is -0.497 e. The van der Waals surface area contributed by atoms with E-state index in [4.69, 9.17) is 18.9 Å². The number of hydrogen-bond donors (Lipinski definition) is 0. The normalized spacial score (nSPS) is 12.6. The minimum absolute atomic E-state index is 0.262. The molecule has 6 nitrogen and oxygen atoms in total. The van der Waals surface area contributed by atoms with E-state index in [0.717, 1.165) is 22.4 Å². The third-order valence-corrected chi connectivity index (χ3v) is 5.00. The third-order valence-electron chi connectivity index (χ3n) is 5.00. The molecule has 0 aliphatic rings. The maximum atomic E-state index is 11.9.